The second-order valence-electron chi connectivity index (χ2n) is 14.6. The molecule has 1 aromatic heterocycles. The van der Waals surface area contributed by atoms with E-state index in [-0.39, 0.29) is 0 Å². The summed E-state index contributed by atoms with van der Waals surface area (Å²) >= 11 is 0. The van der Waals surface area contributed by atoms with Crippen LogP contribution in [-0.4, -0.2) is 0 Å². The molecular weight excluding hydrogens is 703 g/mol. The second-order valence-corrected chi connectivity index (χ2v) is 14.6. The van der Waals surface area contributed by atoms with E-state index in [2.05, 4.69) is 223 Å². The van der Waals surface area contributed by atoms with Crippen LogP contribution in [0.3, 0.4) is 0 Å². The Morgan fingerprint density at radius 2 is 0.569 bits per heavy atom. The van der Waals surface area contributed by atoms with Gasteiger partial charge in [-0.3, -0.25) is 0 Å². The van der Waals surface area contributed by atoms with E-state index in [1.807, 2.05) is 18.2 Å². The first-order valence-electron chi connectivity index (χ1n) is 19.7. The molecule has 0 aliphatic carbocycles. The van der Waals surface area contributed by atoms with Gasteiger partial charge in [0.15, 0.2) is 0 Å². The third-order valence-electron chi connectivity index (χ3n) is 10.9. The van der Waals surface area contributed by atoms with E-state index in [1.165, 1.54) is 44.5 Å². The average molecular weight is 742 g/mol. The van der Waals surface area contributed by atoms with Crippen LogP contribution in [0.2, 0.25) is 0 Å². The van der Waals surface area contributed by atoms with Crippen molar-refractivity contribution in [2.75, 3.05) is 4.90 Å². The molecule has 0 aliphatic rings. The minimum atomic E-state index is 0.872. The fourth-order valence-electron chi connectivity index (χ4n) is 7.83. The van der Waals surface area contributed by atoms with Crippen LogP contribution in [0.5, 0.6) is 0 Å². The molecule has 2 heteroatoms. The smallest absolute Gasteiger partial charge is 0.135 e. The molecule has 10 aromatic rings. The number of furan rings is 1. The predicted molar refractivity (Wildman–Crippen MR) is 244 cm³/mol. The molecule has 0 saturated heterocycles. The molecule has 0 atom stereocenters. The van der Waals surface area contributed by atoms with Crippen molar-refractivity contribution < 1.29 is 4.42 Å². The minimum Gasteiger partial charge on any atom is -0.456 e. The summed E-state index contributed by atoms with van der Waals surface area (Å²) in [7, 11) is 0. The molecule has 2 nitrogen and oxygen atoms in total. The lowest BCUT2D eigenvalue weighted by Gasteiger charge is -2.26. The fraction of sp³-hybridized carbons (Fsp3) is 0. The maximum atomic E-state index is 6.21. The summed E-state index contributed by atoms with van der Waals surface area (Å²) in [6.07, 6.45) is 0. The standard InChI is InChI=1S/C56H39NO/c1-3-11-40(12-4-1)42-21-23-43(24-22-42)44-25-31-52(32-26-44)57(53-33-27-45(28-34-53)48-17-9-16-47(37-48)41-13-5-2-6-14-41)54-35-29-46(30-36-54)49-18-10-19-50(38-49)56-39-51-15-7-8-20-55(51)58-56/h1-39H. The van der Waals surface area contributed by atoms with Crippen LogP contribution >= 0.6 is 0 Å². The maximum Gasteiger partial charge on any atom is 0.135 e. The molecule has 0 bridgehead atoms. The van der Waals surface area contributed by atoms with Gasteiger partial charge in [-0.15, -0.1) is 0 Å². The molecule has 0 fully saturated rings. The Morgan fingerprint density at radius 3 is 1.03 bits per heavy atom. The second kappa shape index (κ2) is 15.5. The zero-order valence-corrected chi connectivity index (χ0v) is 31.9. The first-order valence-corrected chi connectivity index (χ1v) is 19.7. The molecule has 10 rings (SSSR count). The molecule has 0 unspecified atom stereocenters. The highest BCUT2D eigenvalue weighted by Crippen LogP contribution is 2.39. The number of fused-ring (bicyclic) bond motifs is 1. The molecule has 58 heavy (non-hydrogen) atoms. The maximum absolute atomic E-state index is 6.21. The first-order chi connectivity index (χ1) is 28.7. The van der Waals surface area contributed by atoms with Gasteiger partial charge < -0.3 is 9.32 Å². The van der Waals surface area contributed by atoms with E-state index in [4.69, 9.17) is 4.42 Å². The monoisotopic (exact) mass is 741 g/mol. The number of benzene rings is 9. The van der Waals surface area contributed by atoms with E-state index in [0.717, 1.165) is 50.5 Å². The Balaban J connectivity index is 0.976. The van der Waals surface area contributed by atoms with Gasteiger partial charge in [-0.2, -0.15) is 0 Å². The quantitative estimate of drug-likeness (QED) is 0.146. The Labute approximate surface area is 339 Å². The van der Waals surface area contributed by atoms with Crippen molar-refractivity contribution in [2.45, 2.75) is 0 Å². The first kappa shape index (κ1) is 34.8. The fourth-order valence-corrected chi connectivity index (χ4v) is 7.83. The Morgan fingerprint density at radius 1 is 0.241 bits per heavy atom. The van der Waals surface area contributed by atoms with Gasteiger partial charge in [-0.25, -0.2) is 0 Å². The zero-order chi connectivity index (χ0) is 38.7. The Kier molecular flexibility index (Phi) is 9.27. The highest BCUT2D eigenvalue weighted by molar-refractivity contribution is 5.85. The molecule has 0 aliphatic heterocycles. The van der Waals surface area contributed by atoms with Crippen molar-refractivity contribution in [1.82, 2.24) is 0 Å². The third kappa shape index (κ3) is 7.11. The molecule has 0 N–H and O–H groups in total. The van der Waals surface area contributed by atoms with Crippen molar-refractivity contribution in [3.05, 3.63) is 237 Å². The predicted octanol–water partition coefficient (Wildman–Crippen LogP) is 15.9. The number of nitrogens with zero attached hydrogens (tertiary/aromatic N) is 1. The molecule has 274 valence electrons. The zero-order valence-electron chi connectivity index (χ0n) is 31.9. The molecule has 9 aromatic carbocycles. The van der Waals surface area contributed by atoms with Gasteiger partial charge in [0.05, 0.1) is 0 Å². The third-order valence-corrected chi connectivity index (χ3v) is 10.9. The summed E-state index contributed by atoms with van der Waals surface area (Å²) < 4.78 is 6.21. The van der Waals surface area contributed by atoms with Crippen LogP contribution in [0.4, 0.5) is 17.1 Å². The molecule has 0 amide bonds. The number of hydrogen-bond acceptors (Lipinski definition) is 2. The number of anilines is 3. The lowest BCUT2D eigenvalue weighted by atomic mass is 9.98. The molecule has 0 spiro atoms. The number of para-hydroxylation sites is 1. The van der Waals surface area contributed by atoms with Crippen LogP contribution in [0, 0.1) is 0 Å². The summed E-state index contributed by atoms with van der Waals surface area (Å²) in [5, 5.41) is 1.11. The van der Waals surface area contributed by atoms with Crippen LogP contribution in [0.1, 0.15) is 0 Å². The van der Waals surface area contributed by atoms with E-state index in [9.17, 15) is 0 Å². The summed E-state index contributed by atoms with van der Waals surface area (Å²) in [6, 6.07) is 84.2. The van der Waals surface area contributed by atoms with E-state index in [0.29, 0.717) is 0 Å². The summed E-state index contributed by atoms with van der Waals surface area (Å²) in [6.45, 7) is 0. The minimum absolute atomic E-state index is 0.872. The lowest BCUT2D eigenvalue weighted by Crippen LogP contribution is -2.09. The van der Waals surface area contributed by atoms with E-state index < -0.39 is 0 Å². The summed E-state index contributed by atoms with van der Waals surface area (Å²) in [5.41, 5.74) is 17.1. The van der Waals surface area contributed by atoms with Gasteiger partial charge in [0.25, 0.3) is 0 Å². The van der Waals surface area contributed by atoms with Crippen molar-refractivity contribution in [1.29, 1.82) is 0 Å². The van der Waals surface area contributed by atoms with Gasteiger partial charge in [-0.1, -0.05) is 176 Å². The van der Waals surface area contributed by atoms with Crippen LogP contribution in [0.25, 0.3) is 77.9 Å². The van der Waals surface area contributed by atoms with Gasteiger partial charge in [0.1, 0.15) is 11.3 Å². The van der Waals surface area contributed by atoms with Crippen LogP contribution in [0.15, 0.2) is 241 Å². The van der Waals surface area contributed by atoms with Gasteiger partial charge in [0, 0.05) is 28.0 Å². The highest BCUT2D eigenvalue weighted by atomic mass is 16.3. The summed E-state index contributed by atoms with van der Waals surface area (Å²) in [5.74, 6) is 0.872. The van der Waals surface area contributed by atoms with Gasteiger partial charge in [-0.05, 0) is 116 Å². The molecule has 1 heterocycles. The van der Waals surface area contributed by atoms with Gasteiger partial charge >= 0.3 is 0 Å². The van der Waals surface area contributed by atoms with Crippen molar-refractivity contribution in [2.24, 2.45) is 0 Å². The van der Waals surface area contributed by atoms with Crippen LogP contribution < -0.4 is 4.90 Å². The van der Waals surface area contributed by atoms with E-state index >= 15 is 0 Å². The van der Waals surface area contributed by atoms with Crippen LogP contribution in [-0.2, 0) is 0 Å². The molecular formula is C56H39NO. The Hall–Kier alpha value is -7.68. The van der Waals surface area contributed by atoms with Crippen molar-refractivity contribution in [3.8, 4) is 67.0 Å². The summed E-state index contributed by atoms with van der Waals surface area (Å²) in [4.78, 5) is 2.33. The Bertz CT molecular complexity index is 2910. The van der Waals surface area contributed by atoms with Gasteiger partial charge in [0.2, 0.25) is 0 Å². The van der Waals surface area contributed by atoms with E-state index in [1.54, 1.807) is 0 Å². The topological polar surface area (TPSA) is 16.4 Å². The SMILES string of the molecule is c1ccc(-c2ccc(-c3ccc(N(c4ccc(-c5cccc(-c6ccccc6)c5)cc4)c4ccc(-c5cccc(-c6cc7ccccc7o6)c5)cc4)cc3)cc2)cc1. The molecule has 0 radical (unpaired) electrons. The normalized spacial score (nSPS) is 11.1. The van der Waals surface area contributed by atoms with Crippen molar-refractivity contribution >= 4 is 28.0 Å². The average Bonchev–Trinajstić information content (AvgIpc) is 3.76. The number of hydrogen-bond donors (Lipinski definition) is 0. The largest absolute Gasteiger partial charge is 0.456 e. The molecule has 0 saturated carbocycles. The van der Waals surface area contributed by atoms with Crippen molar-refractivity contribution in [3.63, 3.8) is 0 Å². The highest BCUT2D eigenvalue weighted by Gasteiger charge is 2.15. The number of rotatable bonds is 9. The lowest BCUT2D eigenvalue weighted by molar-refractivity contribution is 0.631.